The second kappa shape index (κ2) is 8.57. The molecule has 2 aromatic carbocycles. The van der Waals surface area contributed by atoms with Gasteiger partial charge in [-0.05, 0) is 41.8 Å². The van der Waals surface area contributed by atoms with Crippen LogP contribution in [-0.4, -0.2) is 25.9 Å². The number of hydrogen-bond donors (Lipinski definition) is 0. The average Bonchev–Trinajstić information content (AvgIpc) is 2.66. The molecule has 1 aliphatic rings. The van der Waals surface area contributed by atoms with Crippen LogP contribution in [-0.2, 0) is 17.7 Å². The summed E-state index contributed by atoms with van der Waals surface area (Å²) in [5, 5.41) is 6.44. The number of carbonyl (C=O) groups excluding carboxylic acids is 1. The molecule has 0 N–H and O–H groups in total. The number of hydrogen-bond acceptors (Lipinski definition) is 5. The van der Waals surface area contributed by atoms with E-state index in [1.807, 2.05) is 41.6 Å². The first-order valence-electron chi connectivity index (χ1n) is 8.91. The minimum Gasteiger partial charge on any atom is -0.493 e. The zero-order chi connectivity index (χ0) is 19.4. The van der Waals surface area contributed by atoms with Crippen molar-refractivity contribution in [2.75, 3.05) is 18.7 Å². The van der Waals surface area contributed by atoms with E-state index in [-0.39, 0.29) is 5.97 Å². The van der Waals surface area contributed by atoms with Crippen molar-refractivity contribution >= 4 is 33.8 Å². The molecule has 0 atom stereocenters. The lowest BCUT2D eigenvalue weighted by atomic mass is 10.0. The molecule has 0 saturated carbocycles. The van der Waals surface area contributed by atoms with E-state index < -0.39 is 0 Å². The molecule has 1 aliphatic heterocycles. The Kier molecular flexibility index (Phi) is 6.16. The third-order valence-electron chi connectivity index (χ3n) is 4.27. The van der Waals surface area contributed by atoms with E-state index in [2.05, 4.69) is 34.9 Å². The maximum Gasteiger partial charge on any atom is 0.338 e. The minimum absolute atomic E-state index is 0.328. The van der Waals surface area contributed by atoms with E-state index in [0.29, 0.717) is 31.1 Å². The van der Waals surface area contributed by atoms with Crippen molar-refractivity contribution in [2.45, 2.75) is 26.8 Å². The molecular weight excluding hydrogens is 408 g/mol. The van der Waals surface area contributed by atoms with E-state index in [9.17, 15) is 4.79 Å². The second-order valence-electron chi connectivity index (χ2n) is 6.81. The lowest BCUT2D eigenvalue weighted by Gasteiger charge is -2.27. The van der Waals surface area contributed by atoms with Crippen LogP contribution in [0, 0.1) is 5.92 Å². The van der Waals surface area contributed by atoms with Gasteiger partial charge in [0.25, 0.3) is 0 Å². The fourth-order valence-corrected chi connectivity index (χ4v) is 3.39. The van der Waals surface area contributed by atoms with Gasteiger partial charge in [0.1, 0.15) is 5.75 Å². The quantitative estimate of drug-likeness (QED) is 0.616. The van der Waals surface area contributed by atoms with Crippen LogP contribution in [0.2, 0.25) is 0 Å². The number of carbonyl (C=O) groups is 1. The topological polar surface area (TPSA) is 51.1 Å². The number of rotatable bonds is 6. The van der Waals surface area contributed by atoms with Crippen molar-refractivity contribution in [1.82, 2.24) is 0 Å². The first-order chi connectivity index (χ1) is 13.0. The summed E-state index contributed by atoms with van der Waals surface area (Å²) < 4.78 is 11.9. The van der Waals surface area contributed by atoms with Gasteiger partial charge in [0.15, 0.2) is 0 Å². The van der Waals surface area contributed by atoms with Crippen LogP contribution >= 0.6 is 15.9 Å². The monoisotopic (exact) mass is 430 g/mol. The summed E-state index contributed by atoms with van der Waals surface area (Å²) in [5.74, 6) is 0.960. The van der Waals surface area contributed by atoms with Gasteiger partial charge in [0.05, 0.1) is 31.5 Å². The molecule has 1 heterocycles. The summed E-state index contributed by atoms with van der Waals surface area (Å²) in [6.07, 6.45) is 2.42. The number of hydrazone groups is 1. The molecule has 3 rings (SSSR count). The number of esters is 1. The van der Waals surface area contributed by atoms with E-state index in [1.165, 1.54) is 7.11 Å². The molecule has 0 spiro atoms. The molecule has 0 fully saturated rings. The normalized spacial score (nSPS) is 12.9. The number of benzene rings is 2. The van der Waals surface area contributed by atoms with Crippen LogP contribution in [0.5, 0.6) is 5.75 Å². The Morgan fingerprint density at radius 3 is 2.85 bits per heavy atom. The number of fused-ring (bicyclic) bond motifs is 1. The molecule has 0 bridgehead atoms. The molecule has 0 aliphatic carbocycles. The standard InChI is InChI=1S/C21H23BrN2O3/c1-14(2)13-27-20-8-7-16(22)11-15(20)12-24-19-6-4-5-18(21(25)26-3)17(19)9-10-23-24/h4-8,10-11,14H,9,12-13H2,1-3H3. The van der Waals surface area contributed by atoms with Crippen LogP contribution in [0.4, 0.5) is 5.69 Å². The number of ether oxygens (including phenoxy) is 2. The van der Waals surface area contributed by atoms with Crippen molar-refractivity contribution in [3.8, 4) is 5.75 Å². The molecule has 0 radical (unpaired) electrons. The zero-order valence-electron chi connectivity index (χ0n) is 15.7. The summed E-state index contributed by atoms with van der Waals surface area (Å²) in [6.45, 7) is 5.44. The highest BCUT2D eigenvalue weighted by Gasteiger charge is 2.22. The molecular formula is C21H23BrN2O3. The first kappa shape index (κ1) is 19.4. The van der Waals surface area contributed by atoms with Gasteiger partial charge in [-0.1, -0.05) is 35.8 Å². The van der Waals surface area contributed by atoms with E-state index in [4.69, 9.17) is 9.47 Å². The average molecular weight is 431 g/mol. The summed E-state index contributed by atoms with van der Waals surface area (Å²) in [5.41, 5.74) is 3.45. The van der Waals surface area contributed by atoms with Crippen molar-refractivity contribution in [3.63, 3.8) is 0 Å². The van der Waals surface area contributed by atoms with Crippen LogP contribution in [0.15, 0.2) is 46.0 Å². The van der Waals surface area contributed by atoms with Gasteiger partial charge in [-0.15, -0.1) is 0 Å². The largest absolute Gasteiger partial charge is 0.493 e. The second-order valence-corrected chi connectivity index (χ2v) is 7.73. The summed E-state index contributed by atoms with van der Waals surface area (Å²) >= 11 is 3.54. The Balaban J connectivity index is 1.92. The van der Waals surface area contributed by atoms with Gasteiger partial charge in [-0.3, -0.25) is 5.01 Å². The van der Waals surface area contributed by atoms with E-state index >= 15 is 0 Å². The van der Waals surface area contributed by atoms with Crippen LogP contribution < -0.4 is 9.75 Å². The molecule has 142 valence electrons. The SMILES string of the molecule is COC(=O)c1cccc2c1CC=NN2Cc1cc(Br)ccc1OCC(C)C. The first-order valence-corrected chi connectivity index (χ1v) is 9.70. The Morgan fingerprint density at radius 1 is 1.30 bits per heavy atom. The molecule has 0 saturated heterocycles. The molecule has 2 aromatic rings. The molecule has 0 aromatic heterocycles. The van der Waals surface area contributed by atoms with Gasteiger partial charge >= 0.3 is 5.97 Å². The smallest absolute Gasteiger partial charge is 0.338 e. The van der Waals surface area contributed by atoms with Gasteiger partial charge < -0.3 is 9.47 Å². The molecule has 27 heavy (non-hydrogen) atoms. The van der Waals surface area contributed by atoms with Crippen LogP contribution in [0.1, 0.15) is 35.3 Å². The van der Waals surface area contributed by atoms with Crippen molar-refractivity contribution in [1.29, 1.82) is 0 Å². The number of methoxy groups -OCH3 is 1. The lowest BCUT2D eigenvalue weighted by molar-refractivity contribution is 0.0600. The van der Waals surface area contributed by atoms with E-state index in [0.717, 1.165) is 27.0 Å². The Labute approximate surface area is 168 Å². The third kappa shape index (κ3) is 4.50. The highest BCUT2D eigenvalue weighted by molar-refractivity contribution is 9.10. The summed E-state index contributed by atoms with van der Waals surface area (Å²) in [7, 11) is 1.40. The number of nitrogens with zero attached hydrogens (tertiary/aromatic N) is 2. The summed E-state index contributed by atoms with van der Waals surface area (Å²) in [6, 6.07) is 11.6. The minimum atomic E-state index is -0.328. The fourth-order valence-electron chi connectivity index (χ4n) is 2.98. The van der Waals surface area contributed by atoms with Gasteiger partial charge in [-0.2, -0.15) is 5.10 Å². The molecule has 0 amide bonds. The van der Waals surface area contributed by atoms with Gasteiger partial charge in [-0.25, -0.2) is 4.79 Å². The Hall–Kier alpha value is -2.34. The van der Waals surface area contributed by atoms with Gasteiger partial charge in [0, 0.05) is 22.7 Å². The molecule has 0 unspecified atom stereocenters. The molecule has 5 nitrogen and oxygen atoms in total. The Bertz CT molecular complexity index is 865. The predicted molar refractivity (Wildman–Crippen MR) is 111 cm³/mol. The van der Waals surface area contributed by atoms with Crippen molar-refractivity contribution in [2.24, 2.45) is 11.0 Å². The molecule has 6 heteroatoms. The summed E-state index contributed by atoms with van der Waals surface area (Å²) in [4.78, 5) is 12.1. The van der Waals surface area contributed by atoms with E-state index in [1.54, 1.807) is 6.07 Å². The third-order valence-corrected chi connectivity index (χ3v) is 4.76. The number of anilines is 1. The number of halogens is 1. The van der Waals surface area contributed by atoms with Gasteiger partial charge in [0.2, 0.25) is 0 Å². The highest BCUT2D eigenvalue weighted by atomic mass is 79.9. The van der Waals surface area contributed by atoms with Crippen LogP contribution in [0.25, 0.3) is 0 Å². The fraction of sp³-hybridized carbons (Fsp3) is 0.333. The maximum atomic E-state index is 12.1. The van der Waals surface area contributed by atoms with Crippen molar-refractivity contribution in [3.05, 3.63) is 57.6 Å². The predicted octanol–water partition coefficient (Wildman–Crippen LogP) is 4.82. The highest BCUT2D eigenvalue weighted by Crippen LogP contribution is 2.32. The Morgan fingerprint density at radius 2 is 2.11 bits per heavy atom. The van der Waals surface area contributed by atoms with Crippen molar-refractivity contribution < 1.29 is 14.3 Å². The zero-order valence-corrected chi connectivity index (χ0v) is 17.3. The maximum absolute atomic E-state index is 12.1. The lowest BCUT2D eigenvalue weighted by Crippen LogP contribution is -2.23. The van der Waals surface area contributed by atoms with Crippen LogP contribution in [0.3, 0.4) is 0 Å².